The highest BCUT2D eigenvalue weighted by Gasteiger charge is 2.35. The number of ketones is 1. The third-order valence-electron chi connectivity index (χ3n) is 3.73. The zero-order valence-corrected chi connectivity index (χ0v) is 13.5. The first-order chi connectivity index (χ1) is 10.9. The van der Waals surface area contributed by atoms with E-state index in [9.17, 15) is 10.1 Å². The number of rotatable bonds is 4. The van der Waals surface area contributed by atoms with Gasteiger partial charge in [0.15, 0.2) is 5.78 Å². The lowest BCUT2D eigenvalue weighted by atomic mass is 9.81. The average Bonchev–Trinajstić information content (AvgIpc) is 2.53. The van der Waals surface area contributed by atoms with Crippen molar-refractivity contribution in [3.05, 3.63) is 46.6 Å². The first kappa shape index (κ1) is 16.4. The number of benzene rings is 1. The molecule has 6 nitrogen and oxygen atoms in total. The van der Waals surface area contributed by atoms with E-state index in [4.69, 9.17) is 19.9 Å². The zero-order valence-electron chi connectivity index (χ0n) is 13.5. The predicted molar refractivity (Wildman–Crippen MR) is 83.6 cm³/mol. The number of ether oxygens (including phenoxy) is 3. The van der Waals surface area contributed by atoms with Crippen molar-refractivity contribution in [2.24, 2.45) is 5.73 Å². The van der Waals surface area contributed by atoms with Gasteiger partial charge in [0.05, 0.1) is 20.1 Å². The molecule has 1 atom stereocenters. The number of methoxy groups -OCH3 is 2. The van der Waals surface area contributed by atoms with Crippen LogP contribution in [0.4, 0.5) is 0 Å². The lowest BCUT2D eigenvalue weighted by Gasteiger charge is -2.28. The van der Waals surface area contributed by atoms with Gasteiger partial charge in [-0.15, -0.1) is 0 Å². The summed E-state index contributed by atoms with van der Waals surface area (Å²) in [5.74, 6) is 0.635. The van der Waals surface area contributed by atoms with Gasteiger partial charge in [0, 0.05) is 11.1 Å². The number of Topliss-reactive ketones (excluding diaryl/α,β-unsaturated/α-hetero) is 1. The normalized spacial score (nSPS) is 17.4. The van der Waals surface area contributed by atoms with Crippen molar-refractivity contribution in [2.75, 3.05) is 14.2 Å². The van der Waals surface area contributed by atoms with Gasteiger partial charge in [0.25, 0.3) is 0 Å². The number of nitrogens with two attached hydrogens (primary N) is 1. The second kappa shape index (κ2) is 6.44. The lowest BCUT2D eigenvalue weighted by molar-refractivity contribution is -0.114. The minimum absolute atomic E-state index is 0.00938. The van der Waals surface area contributed by atoms with Crippen LogP contribution in [0.15, 0.2) is 41.0 Å². The smallest absolute Gasteiger partial charge is 0.205 e. The van der Waals surface area contributed by atoms with E-state index in [2.05, 4.69) is 0 Å². The molecule has 0 fully saturated rings. The molecule has 1 aromatic carbocycles. The number of hydrogen-bond acceptors (Lipinski definition) is 6. The summed E-state index contributed by atoms with van der Waals surface area (Å²) in [6.07, 6.45) is 0. The molecule has 0 bridgehead atoms. The molecular weight excluding hydrogens is 296 g/mol. The van der Waals surface area contributed by atoms with Gasteiger partial charge < -0.3 is 19.9 Å². The van der Waals surface area contributed by atoms with Gasteiger partial charge in [0.2, 0.25) is 5.88 Å². The van der Waals surface area contributed by atoms with E-state index in [1.165, 1.54) is 21.1 Å². The summed E-state index contributed by atoms with van der Waals surface area (Å²) >= 11 is 0. The fraction of sp³-hybridized carbons (Fsp3) is 0.294. The number of nitriles is 1. The minimum Gasteiger partial charge on any atom is -0.497 e. The number of carbonyl (C=O) groups excluding carboxylic acids is 1. The molecule has 0 saturated carbocycles. The zero-order chi connectivity index (χ0) is 17.1. The molecule has 1 aliphatic heterocycles. The predicted octanol–water partition coefficient (Wildman–Crippen LogP) is 2.37. The van der Waals surface area contributed by atoms with E-state index < -0.39 is 5.92 Å². The van der Waals surface area contributed by atoms with Crippen LogP contribution in [0.25, 0.3) is 0 Å². The van der Waals surface area contributed by atoms with E-state index >= 15 is 0 Å². The molecule has 120 valence electrons. The van der Waals surface area contributed by atoms with Crippen molar-refractivity contribution in [1.82, 2.24) is 0 Å². The molecule has 0 radical (unpaired) electrons. The van der Waals surface area contributed by atoms with E-state index in [0.29, 0.717) is 28.4 Å². The average molecular weight is 314 g/mol. The van der Waals surface area contributed by atoms with Crippen molar-refractivity contribution < 1.29 is 19.0 Å². The molecular formula is C17H18N2O4. The van der Waals surface area contributed by atoms with Crippen molar-refractivity contribution in [2.45, 2.75) is 19.8 Å². The Morgan fingerprint density at radius 2 is 2.04 bits per heavy atom. The molecule has 1 aromatic rings. The SMILES string of the molecule is COc1ccc(OC)c([C@@H]2C(C#N)=C(N)OC(C)=C2C(C)=O)c1. The Bertz CT molecular complexity index is 756. The van der Waals surface area contributed by atoms with Crippen LogP contribution in [0.3, 0.4) is 0 Å². The number of nitrogens with zero attached hydrogens (tertiary/aromatic N) is 1. The van der Waals surface area contributed by atoms with Crippen molar-refractivity contribution in [1.29, 1.82) is 5.26 Å². The van der Waals surface area contributed by atoms with Gasteiger partial charge in [-0.25, -0.2) is 0 Å². The van der Waals surface area contributed by atoms with Crippen LogP contribution in [-0.4, -0.2) is 20.0 Å². The highest BCUT2D eigenvalue weighted by atomic mass is 16.5. The van der Waals surface area contributed by atoms with E-state index in [1.54, 1.807) is 25.1 Å². The lowest BCUT2D eigenvalue weighted by Crippen LogP contribution is -2.23. The highest BCUT2D eigenvalue weighted by molar-refractivity contribution is 5.97. The summed E-state index contributed by atoms with van der Waals surface area (Å²) in [7, 11) is 3.06. The molecule has 0 unspecified atom stereocenters. The highest BCUT2D eigenvalue weighted by Crippen LogP contribution is 2.43. The first-order valence-electron chi connectivity index (χ1n) is 6.95. The van der Waals surface area contributed by atoms with Crippen molar-refractivity contribution in [3.63, 3.8) is 0 Å². The van der Waals surface area contributed by atoms with Gasteiger partial charge in [-0.05, 0) is 32.0 Å². The summed E-state index contributed by atoms with van der Waals surface area (Å²) in [6, 6.07) is 7.24. The third kappa shape index (κ3) is 2.86. The quantitative estimate of drug-likeness (QED) is 0.917. The Labute approximate surface area is 134 Å². The topological polar surface area (TPSA) is 94.6 Å². The maximum atomic E-state index is 12.1. The molecule has 23 heavy (non-hydrogen) atoms. The number of allylic oxidation sites excluding steroid dienone is 3. The van der Waals surface area contributed by atoms with Gasteiger partial charge in [-0.2, -0.15) is 5.26 Å². The molecule has 6 heteroatoms. The van der Waals surface area contributed by atoms with Gasteiger partial charge in [0.1, 0.15) is 28.9 Å². The van der Waals surface area contributed by atoms with Crippen molar-refractivity contribution >= 4 is 5.78 Å². The largest absolute Gasteiger partial charge is 0.497 e. The molecule has 0 aliphatic carbocycles. The van der Waals surface area contributed by atoms with E-state index in [-0.39, 0.29) is 17.2 Å². The van der Waals surface area contributed by atoms with E-state index in [1.807, 2.05) is 6.07 Å². The van der Waals surface area contributed by atoms with Crippen molar-refractivity contribution in [3.8, 4) is 17.6 Å². The summed E-state index contributed by atoms with van der Waals surface area (Å²) in [5.41, 5.74) is 7.02. The summed E-state index contributed by atoms with van der Waals surface area (Å²) in [4.78, 5) is 12.1. The number of hydrogen-bond donors (Lipinski definition) is 1. The minimum atomic E-state index is -0.656. The second-order valence-electron chi connectivity index (χ2n) is 5.06. The van der Waals surface area contributed by atoms with Crippen LogP contribution in [0.1, 0.15) is 25.3 Å². The van der Waals surface area contributed by atoms with Crippen LogP contribution in [0.2, 0.25) is 0 Å². The fourth-order valence-electron chi connectivity index (χ4n) is 2.71. The summed E-state index contributed by atoms with van der Waals surface area (Å²) in [5, 5.41) is 9.50. The Balaban J connectivity index is 2.76. The number of carbonyl (C=O) groups is 1. The van der Waals surface area contributed by atoms with Gasteiger partial charge >= 0.3 is 0 Å². The van der Waals surface area contributed by atoms with Crippen LogP contribution < -0.4 is 15.2 Å². The Morgan fingerprint density at radius 3 is 2.57 bits per heavy atom. The standard InChI is InChI=1S/C17H18N2O4/c1-9(20)15-10(2)23-17(19)13(8-18)16(15)12-7-11(21-3)5-6-14(12)22-4/h5-7,16H,19H2,1-4H3/t16-/m1/s1. The van der Waals surface area contributed by atoms with Crippen LogP contribution >= 0.6 is 0 Å². The summed E-state index contributed by atoms with van der Waals surface area (Å²) < 4.78 is 16.0. The molecule has 1 aliphatic rings. The molecule has 2 N–H and O–H groups in total. The Hall–Kier alpha value is -2.94. The van der Waals surface area contributed by atoms with Crippen LogP contribution in [0.5, 0.6) is 11.5 Å². The first-order valence-corrected chi connectivity index (χ1v) is 6.95. The molecule has 0 saturated heterocycles. The summed E-state index contributed by atoms with van der Waals surface area (Å²) in [6.45, 7) is 3.08. The van der Waals surface area contributed by atoms with Gasteiger partial charge in [-0.3, -0.25) is 4.79 Å². The monoisotopic (exact) mass is 314 g/mol. The Morgan fingerprint density at radius 1 is 1.35 bits per heavy atom. The third-order valence-corrected chi connectivity index (χ3v) is 3.73. The second-order valence-corrected chi connectivity index (χ2v) is 5.06. The molecule has 0 aromatic heterocycles. The molecule has 2 rings (SSSR count). The van der Waals surface area contributed by atoms with Crippen LogP contribution in [-0.2, 0) is 9.53 Å². The van der Waals surface area contributed by atoms with Gasteiger partial charge in [-0.1, -0.05) is 0 Å². The maximum absolute atomic E-state index is 12.1. The van der Waals surface area contributed by atoms with E-state index in [0.717, 1.165) is 0 Å². The molecule has 1 heterocycles. The molecule has 0 spiro atoms. The maximum Gasteiger partial charge on any atom is 0.205 e. The fourth-order valence-corrected chi connectivity index (χ4v) is 2.71. The molecule has 0 amide bonds. The Kier molecular flexibility index (Phi) is 4.60. The van der Waals surface area contributed by atoms with Crippen LogP contribution in [0, 0.1) is 11.3 Å².